The lowest BCUT2D eigenvalue weighted by atomic mass is 10.2. The van der Waals surface area contributed by atoms with Crippen LogP contribution >= 0.6 is 0 Å². The molecular formula is C15H20N8. The molecule has 23 heavy (non-hydrogen) atoms. The molecule has 1 atom stereocenters. The highest BCUT2D eigenvalue weighted by Gasteiger charge is 2.32. The van der Waals surface area contributed by atoms with Crippen LogP contribution in [0, 0.1) is 5.92 Å². The zero-order valence-corrected chi connectivity index (χ0v) is 13.3. The van der Waals surface area contributed by atoms with E-state index in [1.54, 1.807) is 12.7 Å². The smallest absolute Gasteiger partial charge is 0.182 e. The van der Waals surface area contributed by atoms with E-state index >= 15 is 0 Å². The topological polar surface area (TPSA) is 88.4 Å². The lowest BCUT2D eigenvalue weighted by molar-refractivity contribution is 0.487. The summed E-state index contributed by atoms with van der Waals surface area (Å²) in [6.07, 6.45) is 7.23. The molecule has 0 spiro atoms. The molecule has 8 nitrogen and oxygen atoms in total. The van der Waals surface area contributed by atoms with Crippen molar-refractivity contribution in [2.75, 3.05) is 11.4 Å². The van der Waals surface area contributed by atoms with E-state index in [1.807, 2.05) is 6.33 Å². The fourth-order valence-corrected chi connectivity index (χ4v) is 3.31. The molecule has 4 heterocycles. The van der Waals surface area contributed by atoms with E-state index in [4.69, 9.17) is 0 Å². The Bertz CT molecular complexity index is 805. The Morgan fingerprint density at radius 2 is 2.22 bits per heavy atom. The van der Waals surface area contributed by atoms with Crippen molar-refractivity contribution in [1.29, 1.82) is 0 Å². The predicted molar refractivity (Wildman–Crippen MR) is 85.9 cm³/mol. The molecule has 0 aromatic carbocycles. The van der Waals surface area contributed by atoms with Crippen LogP contribution in [0.25, 0.3) is 11.2 Å². The summed E-state index contributed by atoms with van der Waals surface area (Å²) in [7, 11) is 0. The zero-order valence-electron chi connectivity index (χ0n) is 13.3. The van der Waals surface area contributed by atoms with Gasteiger partial charge in [-0.2, -0.15) is 0 Å². The highest BCUT2D eigenvalue weighted by Crippen LogP contribution is 2.36. The number of nitrogens with one attached hydrogen (secondary N) is 1. The largest absolute Gasteiger partial charge is 0.344 e. The molecule has 1 N–H and O–H groups in total. The molecule has 0 radical (unpaired) electrons. The number of fused-ring (bicyclic) bond motifs is 1. The van der Waals surface area contributed by atoms with Gasteiger partial charge in [-0.1, -0.05) is 13.8 Å². The first-order valence-corrected chi connectivity index (χ1v) is 8.02. The molecule has 0 bridgehead atoms. The number of aromatic nitrogens is 7. The zero-order chi connectivity index (χ0) is 15.8. The Balaban J connectivity index is 1.72. The third-order valence-corrected chi connectivity index (χ3v) is 4.23. The van der Waals surface area contributed by atoms with Gasteiger partial charge in [0.2, 0.25) is 0 Å². The summed E-state index contributed by atoms with van der Waals surface area (Å²) >= 11 is 0. The van der Waals surface area contributed by atoms with Crippen molar-refractivity contribution >= 4 is 17.0 Å². The van der Waals surface area contributed by atoms with Gasteiger partial charge < -0.3 is 14.5 Å². The molecule has 0 aliphatic carbocycles. The van der Waals surface area contributed by atoms with Gasteiger partial charge in [-0.05, 0) is 18.8 Å². The third-order valence-electron chi connectivity index (χ3n) is 4.23. The van der Waals surface area contributed by atoms with Gasteiger partial charge in [-0.3, -0.25) is 0 Å². The van der Waals surface area contributed by atoms with E-state index < -0.39 is 0 Å². The van der Waals surface area contributed by atoms with Gasteiger partial charge in [0.15, 0.2) is 17.3 Å². The average Bonchev–Trinajstić information content (AvgIpc) is 3.25. The maximum absolute atomic E-state index is 4.50. The summed E-state index contributed by atoms with van der Waals surface area (Å²) in [5.74, 6) is 2.47. The summed E-state index contributed by atoms with van der Waals surface area (Å²) in [6, 6.07) is 0.192. The number of aromatic amines is 1. The lowest BCUT2D eigenvalue weighted by Gasteiger charge is -2.25. The van der Waals surface area contributed by atoms with E-state index in [9.17, 15) is 0 Å². The van der Waals surface area contributed by atoms with Gasteiger partial charge in [0.25, 0.3) is 0 Å². The van der Waals surface area contributed by atoms with Crippen molar-refractivity contribution in [1.82, 2.24) is 34.7 Å². The second kappa shape index (κ2) is 5.60. The molecule has 120 valence electrons. The number of nitrogens with zero attached hydrogens (tertiary/aromatic N) is 7. The number of hydrogen-bond acceptors (Lipinski definition) is 6. The average molecular weight is 312 g/mol. The number of H-pyrrole nitrogens is 1. The Morgan fingerprint density at radius 3 is 3.09 bits per heavy atom. The molecule has 8 heteroatoms. The summed E-state index contributed by atoms with van der Waals surface area (Å²) in [5.41, 5.74) is 1.58. The van der Waals surface area contributed by atoms with Gasteiger partial charge in [-0.15, -0.1) is 10.2 Å². The van der Waals surface area contributed by atoms with Crippen LogP contribution < -0.4 is 4.90 Å². The fourth-order valence-electron chi connectivity index (χ4n) is 3.31. The Morgan fingerprint density at radius 1 is 1.30 bits per heavy atom. The van der Waals surface area contributed by atoms with E-state index in [1.165, 1.54) is 0 Å². The lowest BCUT2D eigenvalue weighted by Crippen LogP contribution is -2.27. The van der Waals surface area contributed by atoms with Crippen molar-refractivity contribution in [2.24, 2.45) is 5.92 Å². The number of anilines is 1. The minimum Gasteiger partial charge on any atom is -0.344 e. The van der Waals surface area contributed by atoms with Crippen molar-refractivity contribution < 1.29 is 0 Å². The summed E-state index contributed by atoms with van der Waals surface area (Å²) < 4.78 is 2.17. The van der Waals surface area contributed by atoms with Gasteiger partial charge in [0.05, 0.1) is 12.4 Å². The highest BCUT2D eigenvalue weighted by atomic mass is 15.3. The summed E-state index contributed by atoms with van der Waals surface area (Å²) in [4.78, 5) is 18.4. The molecule has 1 unspecified atom stereocenters. The highest BCUT2D eigenvalue weighted by molar-refractivity contribution is 5.83. The minimum absolute atomic E-state index is 0.192. The van der Waals surface area contributed by atoms with Crippen LogP contribution in [0.5, 0.6) is 0 Å². The fraction of sp³-hybridized carbons (Fsp3) is 0.533. The first-order chi connectivity index (χ1) is 11.2. The molecule has 3 aromatic heterocycles. The predicted octanol–water partition coefficient (Wildman–Crippen LogP) is 1.94. The molecule has 4 rings (SSSR count). The van der Waals surface area contributed by atoms with Crippen LogP contribution in [0.2, 0.25) is 0 Å². The second-order valence-corrected chi connectivity index (χ2v) is 6.39. The first kappa shape index (κ1) is 14.1. The maximum Gasteiger partial charge on any atom is 0.182 e. The number of imidazole rings is 1. The van der Waals surface area contributed by atoms with Crippen LogP contribution in [0.1, 0.15) is 38.6 Å². The van der Waals surface area contributed by atoms with Crippen molar-refractivity contribution in [2.45, 2.75) is 39.3 Å². The molecule has 1 saturated heterocycles. The standard InChI is InChI=1S/C15H20N8/c1-10(2)6-22-9-20-21-14(22)11-4-3-5-23(11)15-12-13(17-7-16-12)18-8-19-15/h7-11H,3-6H2,1-2H3,(H,16,17,18,19). The van der Waals surface area contributed by atoms with Crippen LogP contribution in [0.4, 0.5) is 5.82 Å². The van der Waals surface area contributed by atoms with Gasteiger partial charge in [-0.25, -0.2) is 15.0 Å². The first-order valence-electron chi connectivity index (χ1n) is 8.02. The molecule has 1 fully saturated rings. The van der Waals surface area contributed by atoms with Gasteiger partial charge >= 0.3 is 0 Å². The monoisotopic (exact) mass is 312 g/mol. The number of rotatable bonds is 4. The van der Waals surface area contributed by atoms with E-state index in [2.05, 4.69) is 53.4 Å². The summed E-state index contributed by atoms with van der Waals surface area (Å²) in [5, 5.41) is 8.53. The normalized spacial score (nSPS) is 18.4. The molecule has 1 aliphatic heterocycles. The van der Waals surface area contributed by atoms with Crippen LogP contribution in [0.3, 0.4) is 0 Å². The quantitative estimate of drug-likeness (QED) is 0.792. The van der Waals surface area contributed by atoms with E-state index in [-0.39, 0.29) is 6.04 Å². The van der Waals surface area contributed by atoms with Gasteiger partial charge in [0, 0.05) is 13.1 Å². The number of hydrogen-bond donors (Lipinski definition) is 1. The molecule has 1 aliphatic rings. The minimum atomic E-state index is 0.192. The van der Waals surface area contributed by atoms with Crippen LogP contribution in [-0.2, 0) is 6.54 Å². The molecule has 0 amide bonds. The Hall–Kier alpha value is -2.51. The van der Waals surface area contributed by atoms with Crippen molar-refractivity contribution in [3.63, 3.8) is 0 Å². The second-order valence-electron chi connectivity index (χ2n) is 6.39. The van der Waals surface area contributed by atoms with Crippen LogP contribution in [-0.4, -0.2) is 41.2 Å². The van der Waals surface area contributed by atoms with Gasteiger partial charge in [0.1, 0.15) is 18.2 Å². The van der Waals surface area contributed by atoms with Crippen LogP contribution in [0.15, 0.2) is 19.0 Å². The third kappa shape index (κ3) is 2.43. The molecule has 3 aromatic rings. The Kier molecular flexibility index (Phi) is 3.44. The summed E-state index contributed by atoms with van der Waals surface area (Å²) in [6.45, 7) is 6.28. The Labute approximate surface area is 134 Å². The van der Waals surface area contributed by atoms with Crippen molar-refractivity contribution in [3.05, 3.63) is 24.8 Å². The molecular weight excluding hydrogens is 292 g/mol. The van der Waals surface area contributed by atoms with E-state index in [0.29, 0.717) is 11.6 Å². The SMILES string of the molecule is CC(C)Cn1cnnc1C1CCCN1c1ncnc2nc[nH]c12. The molecule has 0 saturated carbocycles. The van der Waals surface area contributed by atoms with Crippen molar-refractivity contribution in [3.8, 4) is 0 Å². The maximum atomic E-state index is 4.50. The van der Waals surface area contributed by atoms with E-state index in [0.717, 1.165) is 43.1 Å².